The lowest BCUT2D eigenvalue weighted by Crippen LogP contribution is -2.46. The Hall–Kier alpha value is -2.76. The van der Waals surface area contributed by atoms with Crippen LogP contribution in [-0.4, -0.2) is 33.5 Å². The van der Waals surface area contributed by atoms with Gasteiger partial charge in [-0.25, -0.2) is 0 Å². The number of rotatable bonds is 4. The molecule has 2 atom stereocenters. The SMILES string of the molecule is O=C(O)C1CCCCN1C(c1ccc2cnccc2c1)c1csc2ccccc12. The molecule has 2 aromatic heterocycles. The molecule has 1 saturated heterocycles. The van der Waals surface area contributed by atoms with E-state index in [1.165, 1.54) is 15.6 Å². The van der Waals surface area contributed by atoms with Gasteiger partial charge in [-0.1, -0.05) is 36.8 Å². The van der Waals surface area contributed by atoms with Crippen LogP contribution in [0.15, 0.2) is 66.3 Å². The van der Waals surface area contributed by atoms with Gasteiger partial charge in [0.15, 0.2) is 0 Å². The largest absolute Gasteiger partial charge is 0.480 e. The van der Waals surface area contributed by atoms with Crippen molar-refractivity contribution in [1.29, 1.82) is 0 Å². The molecule has 0 bridgehead atoms. The number of thiophene rings is 1. The number of pyridine rings is 1. The first-order chi connectivity index (χ1) is 14.2. The van der Waals surface area contributed by atoms with Gasteiger partial charge in [-0.15, -0.1) is 11.3 Å². The van der Waals surface area contributed by atoms with Crippen LogP contribution >= 0.6 is 11.3 Å². The van der Waals surface area contributed by atoms with E-state index < -0.39 is 12.0 Å². The standard InChI is InChI=1S/C24H22N2O2S/c27-24(28)21-6-3-4-12-26(21)23(20-15-29-22-7-2-1-5-19(20)22)17-8-9-18-14-25-11-10-16(18)13-17/h1-2,5,7-11,13-15,21,23H,3-4,6,12H2,(H,27,28). The van der Waals surface area contributed by atoms with E-state index in [9.17, 15) is 9.90 Å². The van der Waals surface area contributed by atoms with E-state index >= 15 is 0 Å². The second-order valence-corrected chi connectivity index (χ2v) is 8.57. The van der Waals surface area contributed by atoms with Gasteiger partial charge in [0.05, 0.1) is 6.04 Å². The number of benzene rings is 2. The third-order valence-corrected chi connectivity index (χ3v) is 6.93. The number of aliphatic carboxylic acids is 1. The number of likely N-dealkylation sites (tertiary alicyclic amines) is 1. The maximum atomic E-state index is 12.1. The molecule has 2 aromatic carbocycles. The molecule has 1 aliphatic heterocycles. The van der Waals surface area contributed by atoms with Gasteiger partial charge in [-0.05, 0) is 64.9 Å². The van der Waals surface area contributed by atoms with Crippen LogP contribution in [0.4, 0.5) is 0 Å². The highest BCUT2D eigenvalue weighted by molar-refractivity contribution is 7.17. The van der Waals surface area contributed by atoms with Crippen LogP contribution in [0.3, 0.4) is 0 Å². The number of carboxylic acids is 1. The predicted molar refractivity (Wildman–Crippen MR) is 117 cm³/mol. The molecule has 4 nitrogen and oxygen atoms in total. The third kappa shape index (κ3) is 3.30. The zero-order valence-electron chi connectivity index (χ0n) is 16.0. The molecule has 4 aromatic rings. The fourth-order valence-corrected chi connectivity index (χ4v) is 5.54. The van der Waals surface area contributed by atoms with Gasteiger partial charge in [-0.2, -0.15) is 0 Å². The van der Waals surface area contributed by atoms with Crippen molar-refractivity contribution in [3.63, 3.8) is 0 Å². The molecule has 0 amide bonds. The number of carbonyl (C=O) groups is 1. The first-order valence-corrected chi connectivity index (χ1v) is 10.9. The molecule has 1 N–H and O–H groups in total. The van der Waals surface area contributed by atoms with Crippen molar-refractivity contribution in [2.45, 2.75) is 31.3 Å². The van der Waals surface area contributed by atoms with E-state index in [1.807, 2.05) is 18.5 Å². The van der Waals surface area contributed by atoms with E-state index in [2.05, 4.69) is 57.7 Å². The Bertz CT molecular complexity index is 1190. The number of fused-ring (bicyclic) bond motifs is 2. The summed E-state index contributed by atoms with van der Waals surface area (Å²) in [6, 6.07) is 16.3. The molecule has 1 aliphatic rings. The molecular formula is C24H22N2O2S. The molecule has 0 spiro atoms. The van der Waals surface area contributed by atoms with Gasteiger partial charge in [0, 0.05) is 22.5 Å². The van der Waals surface area contributed by atoms with Crippen LogP contribution in [0.2, 0.25) is 0 Å². The van der Waals surface area contributed by atoms with Crippen molar-refractivity contribution < 1.29 is 9.90 Å². The van der Waals surface area contributed by atoms with E-state index in [4.69, 9.17) is 0 Å². The van der Waals surface area contributed by atoms with Crippen LogP contribution in [0.5, 0.6) is 0 Å². The van der Waals surface area contributed by atoms with E-state index in [0.717, 1.165) is 35.7 Å². The Balaban J connectivity index is 1.70. The Morgan fingerprint density at radius 2 is 2.03 bits per heavy atom. The van der Waals surface area contributed by atoms with Crippen molar-refractivity contribution in [3.8, 4) is 0 Å². The van der Waals surface area contributed by atoms with Crippen molar-refractivity contribution >= 4 is 38.2 Å². The van der Waals surface area contributed by atoms with Crippen LogP contribution in [0.25, 0.3) is 20.9 Å². The quantitative estimate of drug-likeness (QED) is 0.491. The topological polar surface area (TPSA) is 53.4 Å². The number of carboxylic acid groups (broad SMARTS) is 1. The van der Waals surface area contributed by atoms with Gasteiger partial charge in [0.25, 0.3) is 0 Å². The lowest BCUT2D eigenvalue weighted by Gasteiger charge is -2.39. The maximum Gasteiger partial charge on any atom is 0.320 e. The summed E-state index contributed by atoms with van der Waals surface area (Å²) < 4.78 is 1.24. The average Bonchev–Trinajstić information content (AvgIpc) is 3.18. The number of piperidine rings is 1. The van der Waals surface area contributed by atoms with Crippen molar-refractivity contribution in [1.82, 2.24) is 9.88 Å². The van der Waals surface area contributed by atoms with Crippen LogP contribution in [0.1, 0.15) is 36.4 Å². The van der Waals surface area contributed by atoms with Crippen molar-refractivity contribution in [2.75, 3.05) is 6.54 Å². The predicted octanol–water partition coefficient (Wildman–Crippen LogP) is 5.48. The molecule has 2 unspecified atom stereocenters. The number of nitrogens with zero attached hydrogens (tertiary/aromatic N) is 2. The summed E-state index contributed by atoms with van der Waals surface area (Å²) in [4.78, 5) is 18.5. The van der Waals surface area contributed by atoms with E-state index in [-0.39, 0.29) is 6.04 Å². The van der Waals surface area contributed by atoms with Crippen LogP contribution in [0, 0.1) is 0 Å². The first-order valence-electron chi connectivity index (χ1n) is 10.0. The Labute approximate surface area is 173 Å². The number of aromatic nitrogens is 1. The zero-order chi connectivity index (χ0) is 19.8. The zero-order valence-corrected chi connectivity index (χ0v) is 16.8. The smallest absolute Gasteiger partial charge is 0.320 e. The molecule has 5 heteroatoms. The molecule has 146 valence electrons. The summed E-state index contributed by atoms with van der Waals surface area (Å²) in [7, 11) is 0. The molecule has 3 heterocycles. The lowest BCUT2D eigenvalue weighted by molar-refractivity contribution is -0.145. The van der Waals surface area contributed by atoms with Gasteiger partial charge >= 0.3 is 5.97 Å². The monoisotopic (exact) mass is 402 g/mol. The first kappa shape index (κ1) is 18.3. The summed E-state index contributed by atoms with van der Waals surface area (Å²) in [5, 5.41) is 15.6. The Kier molecular flexibility index (Phi) is 4.78. The minimum atomic E-state index is -0.723. The van der Waals surface area contributed by atoms with Gasteiger partial charge in [-0.3, -0.25) is 14.7 Å². The van der Waals surface area contributed by atoms with Gasteiger partial charge in [0.1, 0.15) is 6.04 Å². The third-order valence-electron chi connectivity index (χ3n) is 5.95. The molecular weight excluding hydrogens is 380 g/mol. The second-order valence-electron chi connectivity index (χ2n) is 7.66. The normalized spacial score (nSPS) is 18.8. The minimum Gasteiger partial charge on any atom is -0.480 e. The summed E-state index contributed by atoms with van der Waals surface area (Å²) in [6.45, 7) is 0.792. The molecule has 0 radical (unpaired) electrons. The number of hydrogen-bond donors (Lipinski definition) is 1. The Morgan fingerprint density at radius 1 is 1.14 bits per heavy atom. The molecule has 5 rings (SSSR count). The summed E-state index contributed by atoms with van der Waals surface area (Å²) in [5.41, 5.74) is 2.34. The van der Waals surface area contributed by atoms with E-state index in [1.54, 1.807) is 11.3 Å². The van der Waals surface area contributed by atoms with Gasteiger partial charge in [0.2, 0.25) is 0 Å². The number of hydrogen-bond acceptors (Lipinski definition) is 4. The molecule has 29 heavy (non-hydrogen) atoms. The summed E-state index contributed by atoms with van der Waals surface area (Å²) in [5.74, 6) is -0.723. The fraction of sp³-hybridized carbons (Fsp3) is 0.250. The average molecular weight is 403 g/mol. The highest BCUT2D eigenvalue weighted by Crippen LogP contribution is 2.40. The molecule has 0 saturated carbocycles. The second kappa shape index (κ2) is 7.58. The van der Waals surface area contributed by atoms with Gasteiger partial charge < -0.3 is 5.11 Å². The van der Waals surface area contributed by atoms with Crippen molar-refractivity contribution in [2.24, 2.45) is 0 Å². The Morgan fingerprint density at radius 3 is 2.93 bits per heavy atom. The maximum absolute atomic E-state index is 12.1. The molecule has 0 aliphatic carbocycles. The lowest BCUT2D eigenvalue weighted by atomic mass is 9.90. The van der Waals surface area contributed by atoms with Crippen LogP contribution in [-0.2, 0) is 4.79 Å². The highest BCUT2D eigenvalue weighted by atomic mass is 32.1. The summed E-state index contributed by atoms with van der Waals surface area (Å²) >= 11 is 1.73. The summed E-state index contributed by atoms with van der Waals surface area (Å²) in [6.07, 6.45) is 6.37. The van der Waals surface area contributed by atoms with Crippen LogP contribution < -0.4 is 0 Å². The molecule has 1 fully saturated rings. The fourth-order valence-electron chi connectivity index (χ4n) is 4.56. The van der Waals surface area contributed by atoms with E-state index in [0.29, 0.717) is 6.42 Å². The highest BCUT2D eigenvalue weighted by Gasteiger charge is 2.36. The van der Waals surface area contributed by atoms with Crippen molar-refractivity contribution in [3.05, 3.63) is 77.4 Å². The minimum absolute atomic E-state index is 0.0786.